The molecule has 0 aliphatic carbocycles. The molecule has 10 heteroatoms. The topological polar surface area (TPSA) is 95.5 Å². The number of likely N-dealkylation sites (tertiary alicyclic amines) is 2. The molecule has 2 aliphatic rings. The van der Waals surface area contributed by atoms with Crippen molar-refractivity contribution in [2.24, 2.45) is 11.8 Å². The van der Waals surface area contributed by atoms with Crippen molar-refractivity contribution in [2.75, 3.05) is 31.5 Å². The normalized spacial score (nSPS) is 19.6. The van der Waals surface area contributed by atoms with Crippen LogP contribution in [0.1, 0.15) is 52.2 Å². The van der Waals surface area contributed by atoms with Gasteiger partial charge in [0, 0.05) is 36.9 Å². The fourth-order valence-corrected chi connectivity index (χ4v) is 5.03. The highest BCUT2D eigenvalue weighted by molar-refractivity contribution is 7.15. The van der Waals surface area contributed by atoms with E-state index < -0.39 is 5.91 Å². The van der Waals surface area contributed by atoms with Crippen LogP contribution < -0.4 is 5.32 Å². The lowest BCUT2D eigenvalue weighted by Crippen LogP contribution is -2.48. The number of benzene rings is 1. The Hall–Kier alpha value is -2.52. The quantitative estimate of drug-likeness (QED) is 0.729. The molecule has 0 bridgehead atoms. The van der Waals surface area contributed by atoms with Gasteiger partial charge >= 0.3 is 0 Å². The Balaban J connectivity index is 1.37. The number of hydrogen-bond acceptors (Lipinski definition) is 6. The standard InChI is InChI=1S/C22H26ClN5O3S/c1-14-7-10-27(11-8-14)21(30)15-4-3-9-28(13-15)22(31)20-26-25-19(32-20)18(29)24-17-6-2-5-16(23)12-17/h2,5-6,12,14-15H,3-4,7-11,13H2,1H3,(H,24,29)/t15-/m0/s1. The van der Waals surface area contributed by atoms with E-state index >= 15 is 0 Å². The second kappa shape index (κ2) is 9.95. The van der Waals surface area contributed by atoms with Crippen molar-refractivity contribution < 1.29 is 14.4 Å². The summed E-state index contributed by atoms with van der Waals surface area (Å²) in [7, 11) is 0. The summed E-state index contributed by atoms with van der Waals surface area (Å²) in [5.74, 6) is -0.108. The van der Waals surface area contributed by atoms with E-state index in [0.717, 1.165) is 50.1 Å². The summed E-state index contributed by atoms with van der Waals surface area (Å²) in [6.07, 6.45) is 3.63. The van der Waals surface area contributed by atoms with Gasteiger partial charge in [0.15, 0.2) is 0 Å². The molecular weight excluding hydrogens is 450 g/mol. The lowest BCUT2D eigenvalue weighted by molar-refractivity contribution is -0.138. The van der Waals surface area contributed by atoms with Crippen LogP contribution in [0.4, 0.5) is 5.69 Å². The number of anilines is 1. The highest BCUT2D eigenvalue weighted by Crippen LogP contribution is 2.25. The fourth-order valence-electron chi connectivity index (χ4n) is 4.14. The van der Waals surface area contributed by atoms with E-state index in [1.807, 2.05) is 4.90 Å². The number of nitrogens with zero attached hydrogens (tertiary/aromatic N) is 4. The van der Waals surface area contributed by atoms with E-state index in [9.17, 15) is 14.4 Å². The average molecular weight is 476 g/mol. The first-order chi connectivity index (χ1) is 15.4. The van der Waals surface area contributed by atoms with Crippen molar-refractivity contribution in [2.45, 2.75) is 32.6 Å². The van der Waals surface area contributed by atoms with E-state index in [0.29, 0.717) is 29.7 Å². The number of hydrogen-bond donors (Lipinski definition) is 1. The van der Waals surface area contributed by atoms with Gasteiger partial charge in [0.25, 0.3) is 11.8 Å². The largest absolute Gasteiger partial charge is 0.342 e. The number of carbonyl (C=O) groups excluding carboxylic acids is 3. The lowest BCUT2D eigenvalue weighted by Gasteiger charge is -2.37. The Morgan fingerprint density at radius 3 is 2.56 bits per heavy atom. The minimum Gasteiger partial charge on any atom is -0.342 e. The van der Waals surface area contributed by atoms with Gasteiger partial charge in [-0.15, -0.1) is 10.2 Å². The van der Waals surface area contributed by atoms with Crippen LogP contribution >= 0.6 is 22.9 Å². The molecule has 3 heterocycles. The predicted molar refractivity (Wildman–Crippen MR) is 123 cm³/mol. The van der Waals surface area contributed by atoms with Crippen LogP contribution in [0.3, 0.4) is 0 Å². The van der Waals surface area contributed by atoms with Gasteiger partial charge in [0.05, 0.1) is 5.92 Å². The van der Waals surface area contributed by atoms with Gasteiger partial charge in [-0.3, -0.25) is 14.4 Å². The molecular formula is C22H26ClN5O3S. The maximum atomic E-state index is 13.0. The molecule has 3 amide bonds. The van der Waals surface area contributed by atoms with Crippen molar-refractivity contribution in [1.82, 2.24) is 20.0 Å². The molecule has 1 N–H and O–H groups in total. The van der Waals surface area contributed by atoms with Crippen molar-refractivity contribution in [3.05, 3.63) is 39.3 Å². The molecule has 32 heavy (non-hydrogen) atoms. The fraction of sp³-hybridized carbons (Fsp3) is 0.500. The van der Waals surface area contributed by atoms with Gasteiger partial charge in [0.1, 0.15) is 0 Å². The first-order valence-electron chi connectivity index (χ1n) is 10.9. The molecule has 0 spiro atoms. The van der Waals surface area contributed by atoms with Gasteiger partial charge in [-0.2, -0.15) is 0 Å². The molecule has 2 aromatic rings. The molecule has 1 aromatic carbocycles. The molecule has 1 aromatic heterocycles. The number of halogens is 1. The van der Waals surface area contributed by atoms with Gasteiger partial charge in [-0.1, -0.05) is 35.9 Å². The molecule has 0 radical (unpaired) electrons. The van der Waals surface area contributed by atoms with E-state index in [4.69, 9.17) is 11.6 Å². The predicted octanol–water partition coefficient (Wildman–Crippen LogP) is 3.55. The Morgan fingerprint density at radius 2 is 1.81 bits per heavy atom. The SMILES string of the molecule is CC1CCN(C(=O)[C@H]2CCCN(C(=O)c3nnc(C(=O)Nc4cccc(Cl)c4)s3)C2)CC1. The van der Waals surface area contributed by atoms with Gasteiger partial charge in [-0.25, -0.2) is 0 Å². The third kappa shape index (κ3) is 5.27. The van der Waals surface area contributed by atoms with Crippen LogP contribution in [0.15, 0.2) is 24.3 Å². The average Bonchev–Trinajstić information content (AvgIpc) is 3.29. The first kappa shape index (κ1) is 22.7. The Morgan fingerprint density at radius 1 is 1.06 bits per heavy atom. The van der Waals surface area contributed by atoms with Crippen LogP contribution in [0.5, 0.6) is 0 Å². The van der Waals surface area contributed by atoms with Crippen molar-refractivity contribution in [3.8, 4) is 0 Å². The van der Waals surface area contributed by atoms with Gasteiger partial charge in [0.2, 0.25) is 15.9 Å². The van der Waals surface area contributed by atoms with Crippen LogP contribution in [-0.4, -0.2) is 63.9 Å². The lowest BCUT2D eigenvalue weighted by atomic mass is 9.93. The first-order valence-corrected chi connectivity index (χ1v) is 12.1. The molecule has 8 nitrogen and oxygen atoms in total. The minimum absolute atomic E-state index is 0.0976. The van der Waals surface area contributed by atoms with E-state index in [1.165, 1.54) is 0 Å². The number of piperidine rings is 2. The molecule has 0 saturated carbocycles. The Kier molecular flexibility index (Phi) is 7.05. The molecule has 2 fully saturated rings. The van der Waals surface area contributed by atoms with E-state index in [1.54, 1.807) is 29.2 Å². The zero-order chi connectivity index (χ0) is 22.7. The summed E-state index contributed by atoms with van der Waals surface area (Å²) in [5, 5.41) is 11.3. The van der Waals surface area contributed by atoms with Crippen LogP contribution in [-0.2, 0) is 4.79 Å². The summed E-state index contributed by atoms with van der Waals surface area (Å²) >= 11 is 6.89. The van der Waals surface area contributed by atoms with Crippen LogP contribution in [0.25, 0.3) is 0 Å². The van der Waals surface area contributed by atoms with E-state index in [2.05, 4.69) is 22.4 Å². The molecule has 1 atom stereocenters. The molecule has 2 saturated heterocycles. The third-order valence-electron chi connectivity index (χ3n) is 6.04. The van der Waals surface area contributed by atoms with Crippen molar-refractivity contribution in [3.63, 3.8) is 0 Å². The summed E-state index contributed by atoms with van der Waals surface area (Å²) in [6.45, 7) is 4.77. The summed E-state index contributed by atoms with van der Waals surface area (Å²) in [5.41, 5.74) is 0.537. The van der Waals surface area contributed by atoms with Crippen molar-refractivity contribution >= 4 is 46.3 Å². The number of nitrogens with one attached hydrogen (secondary N) is 1. The van der Waals surface area contributed by atoms with Crippen LogP contribution in [0, 0.1) is 11.8 Å². The minimum atomic E-state index is -0.449. The second-order valence-corrected chi connectivity index (χ2v) is 9.89. The maximum Gasteiger partial charge on any atom is 0.286 e. The summed E-state index contributed by atoms with van der Waals surface area (Å²) in [4.78, 5) is 42.0. The monoisotopic (exact) mass is 475 g/mol. The van der Waals surface area contributed by atoms with Gasteiger partial charge in [-0.05, 0) is 49.8 Å². The van der Waals surface area contributed by atoms with Gasteiger partial charge < -0.3 is 15.1 Å². The molecule has 170 valence electrons. The van der Waals surface area contributed by atoms with Crippen LogP contribution in [0.2, 0.25) is 5.02 Å². The number of amides is 3. The highest BCUT2D eigenvalue weighted by atomic mass is 35.5. The Bertz CT molecular complexity index is 1000. The number of rotatable bonds is 4. The van der Waals surface area contributed by atoms with E-state index in [-0.39, 0.29) is 27.7 Å². The molecule has 4 rings (SSSR count). The molecule has 2 aliphatic heterocycles. The second-order valence-electron chi connectivity index (χ2n) is 8.47. The third-order valence-corrected chi connectivity index (χ3v) is 7.18. The summed E-state index contributed by atoms with van der Waals surface area (Å²) in [6, 6.07) is 6.78. The zero-order valence-corrected chi connectivity index (χ0v) is 19.5. The Labute approximate surface area is 195 Å². The highest BCUT2D eigenvalue weighted by Gasteiger charge is 2.33. The maximum absolute atomic E-state index is 13.0. The van der Waals surface area contributed by atoms with Crippen molar-refractivity contribution in [1.29, 1.82) is 0 Å². The number of aromatic nitrogens is 2. The number of carbonyl (C=O) groups is 3. The molecule has 0 unspecified atom stereocenters. The summed E-state index contributed by atoms with van der Waals surface area (Å²) < 4.78 is 0. The zero-order valence-electron chi connectivity index (χ0n) is 17.9. The smallest absolute Gasteiger partial charge is 0.286 e.